The van der Waals surface area contributed by atoms with Gasteiger partial charge in [-0.15, -0.1) is 0 Å². The molecule has 2 N–H and O–H groups in total. The summed E-state index contributed by atoms with van der Waals surface area (Å²) < 4.78 is 0. The van der Waals surface area contributed by atoms with Crippen LogP contribution in [0.2, 0.25) is 0 Å². The van der Waals surface area contributed by atoms with Crippen molar-refractivity contribution in [2.75, 3.05) is 19.7 Å². The first-order valence-corrected chi connectivity index (χ1v) is 5.66. The zero-order valence-electron chi connectivity index (χ0n) is 9.18. The van der Waals surface area contributed by atoms with Gasteiger partial charge in [0, 0.05) is 6.61 Å². The first kappa shape index (κ1) is 12.9. The zero-order valence-corrected chi connectivity index (χ0v) is 9.18. The minimum atomic E-state index is 0.363. The van der Waals surface area contributed by atoms with Gasteiger partial charge in [-0.2, -0.15) is 0 Å². The van der Waals surface area contributed by atoms with Crippen LogP contribution in [0.1, 0.15) is 46.0 Å². The van der Waals surface area contributed by atoms with E-state index >= 15 is 0 Å². The second kappa shape index (κ2) is 10.0. The zero-order chi connectivity index (χ0) is 9.94. The predicted molar refractivity (Wildman–Crippen MR) is 57.9 cm³/mol. The van der Waals surface area contributed by atoms with Gasteiger partial charge < -0.3 is 10.4 Å². The van der Waals surface area contributed by atoms with E-state index in [1.165, 1.54) is 32.1 Å². The molecule has 80 valence electrons. The van der Waals surface area contributed by atoms with Gasteiger partial charge in [0.15, 0.2) is 0 Å². The lowest BCUT2D eigenvalue weighted by Gasteiger charge is -2.12. The summed E-state index contributed by atoms with van der Waals surface area (Å²) in [5, 5.41) is 12.4. The van der Waals surface area contributed by atoms with Crippen molar-refractivity contribution in [3.8, 4) is 0 Å². The Morgan fingerprint density at radius 3 is 2.38 bits per heavy atom. The first-order valence-electron chi connectivity index (χ1n) is 5.66. The van der Waals surface area contributed by atoms with Crippen molar-refractivity contribution in [3.05, 3.63) is 0 Å². The molecule has 0 amide bonds. The van der Waals surface area contributed by atoms with Gasteiger partial charge in [0.1, 0.15) is 0 Å². The molecule has 0 saturated heterocycles. The largest absolute Gasteiger partial charge is 0.396 e. The summed E-state index contributed by atoms with van der Waals surface area (Å²) >= 11 is 0. The topological polar surface area (TPSA) is 32.3 Å². The van der Waals surface area contributed by atoms with Crippen LogP contribution in [0.15, 0.2) is 0 Å². The Kier molecular flexibility index (Phi) is 9.94. The molecule has 0 saturated carbocycles. The molecule has 2 heteroatoms. The minimum absolute atomic E-state index is 0.363. The van der Waals surface area contributed by atoms with E-state index < -0.39 is 0 Å². The van der Waals surface area contributed by atoms with E-state index in [4.69, 9.17) is 5.11 Å². The van der Waals surface area contributed by atoms with E-state index in [2.05, 4.69) is 19.2 Å². The minimum Gasteiger partial charge on any atom is -0.396 e. The van der Waals surface area contributed by atoms with Crippen molar-refractivity contribution in [1.29, 1.82) is 0 Å². The molecule has 0 rings (SSSR count). The Labute approximate surface area is 82.7 Å². The molecule has 0 bridgehead atoms. The van der Waals surface area contributed by atoms with Crippen molar-refractivity contribution < 1.29 is 5.11 Å². The average Bonchev–Trinajstić information content (AvgIpc) is 2.16. The monoisotopic (exact) mass is 187 g/mol. The SMILES string of the molecule is CCCNCCCC(CO)CCC. The van der Waals surface area contributed by atoms with Gasteiger partial charge in [-0.3, -0.25) is 0 Å². The molecule has 0 aliphatic carbocycles. The number of hydrogen-bond acceptors (Lipinski definition) is 2. The molecule has 13 heavy (non-hydrogen) atoms. The highest BCUT2D eigenvalue weighted by atomic mass is 16.3. The number of aliphatic hydroxyl groups is 1. The van der Waals surface area contributed by atoms with Gasteiger partial charge in [-0.05, 0) is 44.7 Å². The van der Waals surface area contributed by atoms with E-state index in [0.29, 0.717) is 12.5 Å². The molecule has 2 nitrogen and oxygen atoms in total. The Morgan fingerprint density at radius 1 is 1.08 bits per heavy atom. The Hall–Kier alpha value is -0.0800. The van der Waals surface area contributed by atoms with Crippen molar-refractivity contribution in [2.45, 2.75) is 46.0 Å². The van der Waals surface area contributed by atoms with E-state index in [1.807, 2.05) is 0 Å². The summed E-state index contributed by atoms with van der Waals surface area (Å²) in [5.74, 6) is 0.536. The standard InChI is InChI=1S/C11H25NO/c1-3-6-11(10-13)7-5-9-12-8-4-2/h11-13H,3-10H2,1-2H3. The van der Waals surface area contributed by atoms with Crippen LogP contribution in [-0.2, 0) is 0 Å². The average molecular weight is 187 g/mol. The Bertz CT molecular complexity index is 96.1. The maximum atomic E-state index is 9.04. The summed E-state index contributed by atoms with van der Waals surface area (Å²) in [4.78, 5) is 0. The Morgan fingerprint density at radius 2 is 1.85 bits per heavy atom. The highest BCUT2D eigenvalue weighted by molar-refractivity contribution is 4.58. The molecule has 0 aromatic rings. The summed E-state index contributed by atoms with van der Waals surface area (Å²) in [5.41, 5.74) is 0. The van der Waals surface area contributed by atoms with Crippen molar-refractivity contribution in [2.24, 2.45) is 5.92 Å². The molecule has 0 aliphatic heterocycles. The fraction of sp³-hybridized carbons (Fsp3) is 1.00. The quantitative estimate of drug-likeness (QED) is 0.542. The van der Waals surface area contributed by atoms with Gasteiger partial charge in [-0.25, -0.2) is 0 Å². The van der Waals surface area contributed by atoms with Crippen LogP contribution >= 0.6 is 0 Å². The third-order valence-electron chi connectivity index (χ3n) is 2.35. The number of aliphatic hydroxyl groups excluding tert-OH is 1. The molecule has 0 radical (unpaired) electrons. The normalized spacial score (nSPS) is 13.2. The maximum absolute atomic E-state index is 9.04. The molecule has 0 aromatic heterocycles. The number of nitrogens with one attached hydrogen (secondary N) is 1. The van der Waals surface area contributed by atoms with Crippen LogP contribution < -0.4 is 5.32 Å². The molecule has 1 unspecified atom stereocenters. The van der Waals surface area contributed by atoms with E-state index in [0.717, 1.165) is 13.1 Å². The van der Waals surface area contributed by atoms with Crippen molar-refractivity contribution in [1.82, 2.24) is 5.32 Å². The lowest BCUT2D eigenvalue weighted by Crippen LogP contribution is -2.17. The lowest BCUT2D eigenvalue weighted by atomic mass is 9.99. The molecule has 0 spiro atoms. The predicted octanol–water partition coefficient (Wildman–Crippen LogP) is 2.17. The first-order chi connectivity index (χ1) is 6.35. The molecular formula is C11H25NO. The lowest BCUT2D eigenvalue weighted by molar-refractivity contribution is 0.207. The van der Waals surface area contributed by atoms with Gasteiger partial charge in [0.2, 0.25) is 0 Å². The summed E-state index contributed by atoms with van der Waals surface area (Å²) in [7, 11) is 0. The fourth-order valence-electron chi connectivity index (χ4n) is 1.55. The van der Waals surface area contributed by atoms with Crippen LogP contribution in [0.3, 0.4) is 0 Å². The molecule has 0 aromatic carbocycles. The maximum Gasteiger partial charge on any atom is 0.0459 e. The Balaban J connectivity index is 3.17. The van der Waals surface area contributed by atoms with Gasteiger partial charge in [-0.1, -0.05) is 20.3 Å². The van der Waals surface area contributed by atoms with Crippen molar-refractivity contribution in [3.63, 3.8) is 0 Å². The summed E-state index contributed by atoms with van der Waals surface area (Å²) in [6.07, 6.45) is 5.93. The smallest absolute Gasteiger partial charge is 0.0459 e. The van der Waals surface area contributed by atoms with E-state index in [1.54, 1.807) is 0 Å². The third kappa shape index (κ3) is 8.26. The second-order valence-corrected chi connectivity index (χ2v) is 3.73. The molecule has 0 heterocycles. The fourth-order valence-corrected chi connectivity index (χ4v) is 1.55. The second-order valence-electron chi connectivity index (χ2n) is 3.73. The van der Waals surface area contributed by atoms with Gasteiger partial charge in [0.25, 0.3) is 0 Å². The van der Waals surface area contributed by atoms with Crippen LogP contribution in [0.5, 0.6) is 0 Å². The van der Waals surface area contributed by atoms with Gasteiger partial charge >= 0.3 is 0 Å². The third-order valence-corrected chi connectivity index (χ3v) is 2.35. The van der Waals surface area contributed by atoms with Crippen LogP contribution in [-0.4, -0.2) is 24.8 Å². The van der Waals surface area contributed by atoms with Gasteiger partial charge in [0.05, 0.1) is 0 Å². The highest BCUT2D eigenvalue weighted by Crippen LogP contribution is 2.11. The molecule has 1 atom stereocenters. The van der Waals surface area contributed by atoms with Crippen LogP contribution in [0.4, 0.5) is 0 Å². The van der Waals surface area contributed by atoms with Crippen LogP contribution in [0.25, 0.3) is 0 Å². The highest BCUT2D eigenvalue weighted by Gasteiger charge is 2.04. The van der Waals surface area contributed by atoms with E-state index in [-0.39, 0.29) is 0 Å². The summed E-state index contributed by atoms with van der Waals surface area (Å²) in [6, 6.07) is 0. The number of hydrogen-bond donors (Lipinski definition) is 2. The molecule has 0 fully saturated rings. The van der Waals surface area contributed by atoms with Crippen LogP contribution in [0, 0.1) is 5.92 Å². The molecular weight excluding hydrogens is 162 g/mol. The molecule has 0 aliphatic rings. The van der Waals surface area contributed by atoms with Crippen molar-refractivity contribution >= 4 is 0 Å². The van der Waals surface area contributed by atoms with E-state index in [9.17, 15) is 0 Å². The number of rotatable bonds is 9. The summed E-state index contributed by atoms with van der Waals surface area (Å²) in [6.45, 7) is 6.95.